The van der Waals surface area contributed by atoms with Crippen LogP contribution >= 0.6 is 11.3 Å². The summed E-state index contributed by atoms with van der Waals surface area (Å²) in [7, 11) is 0. The lowest BCUT2D eigenvalue weighted by Gasteiger charge is -2.12. The predicted octanol–water partition coefficient (Wildman–Crippen LogP) is 0.193. The van der Waals surface area contributed by atoms with Crippen LogP contribution in [0.2, 0.25) is 0 Å². The summed E-state index contributed by atoms with van der Waals surface area (Å²) < 4.78 is 0. The summed E-state index contributed by atoms with van der Waals surface area (Å²) in [5.41, 5.74) is 6.11. The molecule has 66 valence electrons. The smallest absolute Gasteiger partial charge is 0.334 e. The molecule has 0 aromatic carbocycles. The van der Waals surface area contributed by atoms with Crippen LogP contribution < -0.4 is 5.73 Å². The second-order valence-corrected chi connectivity index (χ2v) is 3.15. The Hall–Kier alpha value is -0.910. The van der Waals surface area contributed by atoms with Gasteiger partial charge < -0.3 is 15.9 Å². The Balaban J connectivity index is 2.71. The summed E-state index contributed by atoms with van der Waals surface area (Å²) in [6, 6.07) is 0.857. The number of carboxylic acid groups (broad SMARTS) is 1. The van der Waals surface area contributed by atoms with Gasteiger partial charge in [-0.2, -0.15) is 11.3 Å². The Bertz CT molecular complexity index is 260. The molecule has 0 radical (unpaired) electrons. The number of aliphatic carboxylic acids is 1. The van der Waals surface area contributed by atoms with Gasteiger partial charge >= 0.3 is 5.97 Å². The van der Waals surface area contributed by atoms with E-state index in [1.54, 1.807) is 16.8 Å². The lowest BCUT2D eigenvalue weighted by atomic mass is 10.1. The zero-order chi connectivity index (χ0) is 9.14. The summed E-state index contributed by atoms with van der Waals surface area (Å²) in [5.74, 6) is -1.30. The van der Waals surface area contributed by atoms with Gasteiger partial charge in [-0.05, 0) is 22.4 Å². The van der Waals surface area contributed by atoms with Crippen molar-refractivity contribution in [3.05, 3.63) is 22.4 Å². The quantitative estimate of drug-likeness (QED) is 0.631. The van der Waals surface area contributed by atoms with E-state index >= 15 is 0 Å². The summed E-state index contributed by atoms with van der Waals surface area (Å²) in [4.78, 5) is 10.3. The van der Waals surface area contributed by atoms with Gasteiger partial charge in [-0.25, -0.2) is 4.79 Å². The van der Waals surface area contributed by atoms with Crippen molar-refractivity contribution in [2.24, 2.45) is 5.73 Å². The highest BCUT2D eigenvalue weighted by molar-refractivity contribution is 7.07. The number of thiophene rings is 1. The van der Waals surface area contributed by atoms with Gasteiger partial charge in [0, 0.05) is 0 Å². The molecule has 4 N–H and O–H groups in total. The Labute approximate surface area is 73.3 Å². The highest BCUT2D eigenvalue weighted by atomic mass is 32.1. The third-order valence-corrected chi connectivity index (χ3v) is 2.22. The highest BCUT2D eigenvalue weighted by Gasteiger charge is 2.23. The maximum Gasteiger partial charge on any atom is 0.334 e. The van der Waals surface area contributed by atoms with Gasteiger partial charge in [0.1, 0.15) is 0 Å². The van der Waals surface area contributed by atoms with Crippen molar-refractivity contribution in [3.63, 3.8) is 0 Å². The van der Waals surface area contributed by atoms with E-state index in [0.29, 0.717) is 5.56 Å². The van der Waals surface area contributed by atoms with E-state index in [-0.39, 0.29) is 0 Å². The van der Waals surface area contributed by atoms with Crippen LogP contribution in [0.4, 0.5) is 0 Å². The predicted molar refractivity (Wildman–Crippen MR) is 44.9 cm³/mol. The van der Waals surface area contributed by atoms with Gasteiger partial charge in [-0.3, -0.25) is 0 Å². The monoisotopic (exact) mass is 187 g/mol. The van der Waals surface area contributed by atoms with Crippen LogP contribution in [0.1, 0.15) is 11.6 Å². The number of aliphatic hydroxyl groups excluding tert-OH is 1. The van der Waals surface area contributed by atoms with Gasteiger partial charge in [-0.1, -0.05) is 0 Å². The number of aliphatic hydroxyl groups is 1. The van der Waals surface area contributed by atoms with Crippen LogP contribution in [0.15, 0.2) is 16.8 Å². The molecule has 0 aliphatic carbocycles. The van der Waals surface area contributed by atoms with Gasteiger partial charge in [0.25, 0.3) is 0 Å². The Morgan fingerprint density at radius 3 is 2.75 bits per heavy atom. The molecule has 0 spiro atoms. The number of hydrogen-bond acceptors (Lipinski definition) is 4. The molecule has 0 fully saturated rings. The molecule has 0 bridgehead atoms. The average Bonchev–Trinajstić information content (AvgIpc) is 2.53. The molecule has 2 atom stereocenters. The molecule has 4 nitrogen and oxygen atoms in total. The second-order valence-electron chi connectivity index (χ2n) is 2.37. The highest BCUT2D eigenvalue weighted by Crippen LogP contribution is 2.17. The molecule has 0 amide bonds. The van der Waals surface area contributed by atoms with E-state index in [4.69, 9.17) is 15.9 Å². The zero-order valence-electron chi connectivity index (χ0n) is 6.18. The van der Waals surface area contributed by atoms with Gasteiger partial charge in [0.15, 0.2) is 6.10 Å². The van der Waals surface area contributed by atoms with Crippen LogP contribution in [0, 0.1) is 0 Å². The summed E-state index contributed by atoms with van der Waals surface area (Å²) in [5, 5.41) is 21.0. The van der Waals surface area contributed by atoms with Crippen LogP contribution in [-0.4, -0.2) is 22.3 Å². The fourth-order valence-corrected chi connectivity index (χ4v) is 1.51. The first-order valence-electron chi connectivity index (χ1n) is 3.31. The van der Waals surface area contributed by atoms with Crippen LogP contribution in [0.5, 0.6) is 0 Å². The third kappa shape index (κ3) is 1.82. The van der Waals surface area contributed by atoms with E-state index in [0.717, 1.165) is 0 Å². The molecule has 0 saturated carbocycles. The SMILES string of the molecule is N[C@@H](c1ccsc1)[C@H](O)C(=O)O. The minimum atomic E-state index is -1.53. The topological polar surface area (TPSA) is 83.5 Å². The minimum absolute atomic E-state index is 0.648. The number of nitrogens with two attached hydrogens (primary N) is 1. The molecular weight excluding hydrogens is 178 g/mol. The van der Waals surface area contributed by atoms with Crippen LogP contribution in [0.25, 0.3) is 0 Å². The standard InChI is InChI=1S/C7H9NO3S/c8-5(6(9)7(10)11)4-1-2-12-3-4/h1-3,5-6,9H,8H2,(H,10,11)/t5-,6-/m0/s1. The Kier molecular flexibility index (Phi) is 2.80. The number of hydrogen-bond donors (Lipinski definition) is 3. The molecule has 1 aromatic heterocycles. The van der Waals surface area contributed by atoms with E-state index in [2.05, 4.69) is 0 Å². The van der Waals surface area contributed by atoms with Crippen molar-refractivity contribution in [2.45, 2.75) is 12.1 Å². The van der Waals surface area contributed by atoms with Crippen molar-refractivity contribution < 1.29 is 15.0 Å². The van der Waals surface area contributed by atoms with Gasteiger partial charge in [0.2, 0.25) is 0 Å². The summed E-state index contributed by atoms with van der Waals surface area (Å²) in [6.45, 7) is 0. The molecule has 0 aliphatic rings. The van der Waals surface area contributed by atoms with Gasteiger partial charge in [-0.15, -0.1) is 0 Å². The summed E-state index contributed by atoms with van der Waals surface area (Å²) >= 11 is 1.41. The lowest BCUT2D eigenvalue weighted by molar-refractivity contribution is -0.147. The van der Waals surface area contributed by atoms with E-state index < -0.39 is 18.1 Å². The normalized spacial score (nSPS) is 15.5. The zero-order valence-corrected chi connectivity index (χ0v) is 6.99. The van der Waals surface area contributed by atoms with Gasteiger partial charge in [0.05, 0.1) is 6.04 Å². The number of carbonyl (C=O) groups is 1. The van der Waals surface area contributed by atoms with Crippen molar-refractivity contribution in [3.8, 4) is 0 Å². The molecule has 12 heavy (non-hydrogen) atoms. The maximum atomic E-state index is 10.3. The molecule has 5 heteroatoms. The van der Waals surface area contributed by atoms with Crippen molar-refractivity contribution in [1.29, 1.82) is 0 Å². The summed E-state index contributed by atoms with van der Waals surface area (Å²) in [6.07, 6.45) is -1.53. The number of rotatable bonds is 3. The number of carboxylic acids is 1. The minimum Gasteiger partial charge on any atom is -0.479 e. The first-order valence-corrected chi connectivity index (χ1v) is 4.25. The Morgan fingerprint density at radius 1 is 1.67 bits per heavy atom. The molecule has 1 rings (SSSR count). The molecule has 0 aliphatic heterocycles. The first kappa shape index (κ1) is 9.18. The first-order chi connectivity index (χ1) is 5.63. The average molecular weight is 187 g/mol. The Morgan fingerprint density at radius 2 is 2.33 bits per heavy atom. The van der Waals surface area contributed by atoms with Crippen LogP contribution in [0.3, 0.4) is 0 Å². The lowest BCUT2D eigenvalue weighted by Crippen LogP contribution is -2.32. The van der Waals surface area contributed by atoms with Crippen molar-refractivity contribution in [2.75, 3.05) is 0 Å². The van der Waals surface area contributed by atoms with Crippen molar-refractivity contribution >= 4 is 17.3 Å². The molecule has 0 unspecified atom stereocenters. The maximum absolute atomic E-state index is 10.3. The molecular formula is C7H9NO3S. The molecule has 1 heterocycles. The van der Waals surface area contributed by atoms with E-state index in [9.17, 15) is 4.79 Å². The van der Waals surface area contributed by atoms with E-state index in [1.165, 1.54) is 11.3 Å². The van der Waals surface area contributed by atoms with Crippen LogP contribution in [-0.2, 0) is 4.79 Å². The van der Waals surface area contributed by atoms with E-state index in [1.807, 2.05) is 0 Å². The van der Waals surface area contributed by atoms with Crippen molar-refractivity contribution in [1.82, 2.24) is 0 Å². The fraction of sp³-hybridized carbons (Fsp3) is 0.286. The molecule has 1 aromatic rings. The largest absolute Gasteiger partial charge is 0.479 e. The second kappa shape index (κ2) is 3.66. The molecule has 0 saturated heterocycles. The third-order valence-electron chi connectivity index (χ3n) is 1.52. The fourth-order valence-electron chi connectivity index (χ4n) is 0.801.